The van der Waals surface area contributed by atoms with E-state index in [1.165, 1.54) is 34.8 Å². The normalized spacial score (nSPS) is 10.9. The molecule has 0 amide bonds. The predicted molar refractivity (Wildman–Crippen MR) is 116 cm³/mol. The Balaban J connectivity index is 2.01. The van der Waals surface area contributed by atoms with Crippen LogP contribution >= 0.6 is 0 Å². The van der Waals surface area contributed by atoms with Crippen LogP contribution in [0.3, 0.4) is 0 Å². The first-order valence-corrected chi connectivity index (χ1v) is 9.71. The summed E-state index contributed by atoms with van der Waals surface area (Å²) in [6, 6.07) is 4.44. The minimum Gasteiger partial charge on any atom is -0.465 e. The third-order valence-electron chi connectivity index (χ3n) is 4.89. The van der Waals surface area contributed by atoms with Crippen molar-refractivity contribution < 1.29 is 9.53 Å². The number of aromatic nitrogens is 4. The zero-order valence-electron chi connectivity index (χ0n) is 17.5. The molecule has 0 saturated heterocycles. The first-order chi connectivity index (χ1) is 14.8. The molecule has 0 aliphatic rings. The van der Waals surface area contributed by atoms with Crippen LogP contribution in [0.25, 0.3) is 10.9 Å². The van der Waals surface area contributed by atoms with E-state index in [2.05, 4.69) is 15.0 Å². The van der Waals surface area contributed by atoms with Gasteiger partial charge in [0.15, 0.2) is 0 Å². The summed E-state index contributed by atoms with van der Waals surface area (Å²) in [6.45, 7) is 2.39. The molecule has 2 aromatic heterocycles. The summed E-state index contributed by atoms with van der Waals surface area (Å²) in [5.74, 6) is -0.246. The molecule has 0 aliphatic carbocycles. The number of aromatic amines is 2. The van der Waals surface area contributed by atoms with Crippen LogP contribution in [0.1, 0.15) is 35.9 Å². The number of hydrogen-bond donors (Lipinski definition) is 3. The number of carbonyl (C=O) groups excluding carboxylic acids is 1. The van der Waals surface area contributed by atoms with Gasteiger partial charge in [-0.05, 0) is 24.6 Å². The molecule has 0 unspecified atom stereocenters. The van der Waals surface area contributed by atoms with Gasteiger partial charge in [0.1, 0.15) is 17.3 Å². The molecule has 0 radical (unpaired) electrons. The molecule has 0 aliphatic heterocycles. The number of anilines is 2. The van der Waals surface area contributed by atoms with E-state index in [-0.39, 0.29) is 35.0 Å². The molecular formula is C20H24N6O5. The number of unbranched alkanes of at least 4 members (excludes halogenated alkanes) is 1. The number of hydrogen-bond acceptors (Lipinski definition) is 8. The summed E-state index contributed by atoms with van der Waals surface area (Å²) in [4.78, 5) is 59.6. The number of nitrogen functional groups attached to an aromatic ring is 1. The Labute approximate surface area is 176 Å². The van der Waals surface area contributed by atoms with E-state index in [0.717, 1.165) is 12.8 Å². The minimum atomic E-state index is -0.631. The molecule has 3 rings (SSSR count). The molecule has 11 heteroatoms. The number of methoxy groups -OCH3 is 1. The molecule has 2 heterocycles. The lowest BCUT2D eigenvalue weighted by molar-refractivity contribution is 0.0601. The number of ether oxygens (including phenoxy) is 1. The highest BCUT2D eigenvalue weighted by Crippen LogP contribution is 2.18. The number of benzene rings is 1. The van der Waals surface area contributed by atoms with Gasteiger partial charge in [0.05, 0.1) is 30.1 Å². The van der Waals surface area contributed by atoms with Crippen LogP contribution in [0, 0.1) is 0 Å². The summed E-state index contributed by atoms with van der Waals surface area (Å²) in [6.07, 6.45) is 1.58. The highest BCUT2D eigenvalue weighted by Gasteiger charge is 2.18. The number of esters is 1. The van der Waals surface area contributed by atoms with E-state index >= 15 is 0 Å². The fourth-order valence-corrected chi connectivity index (χ4v) is 3.30. The summed E-state index contributed by atoms with van der Waals surface area (Å²) in [5.41, 5.74) is 5.21. The second kappa shape index (κ2) is 8.86. The van der Waals surface area contributed by atoms with E-state index in [1.54, 1.807) is 7.05 Å². The van der Waals surface area contributed by atoms with E-state index < -0.39 is 17.2 Å². The summed E-state index contributed by atoms with van der Waals surface area (Å²) in [5, 5.41) is 0.310. The molecule has 11 nitrogen and oxygen atoms in total. The summed E-state index contributed by atoms with van der Waals surface area (Å²) >= 11 is 0. The molecule has 31 heavy (non-hydrogen) atoms. The first kappa shape index (κ1) is 21.8. The molecule has 164 valence electrons. The predicted octanol–water partition coefficient (Wildman–Crippen LogP) is 0.578. The number of rotatable bonds is 7. The van der Waals surface area contributed by atoms with E-state index in [9.17, 15) is 19.2 Å². The Morgan fingerprint density at radius 1 is 1.23 bits per heavy atom. The quantitative estimate of drug-likeness (QED) is 0.461. The maximum atomic E-state index is 12.5. The van der Waals surface area contributed by atoms with Gasteiger partial charge < -0.3 is 20.4 Å². The molecule has 3 aromatic rings. The maximum Gasteiger partial charge on any atom is 0.337 e. The number of carbonyl (C=O) groups is 1. The van der Waals surface area contributed by atoms with Gasteiger partial charge >= 0.3 is 11.7 Å². The van der Waals surface area contributed by atoms with Crippen molar-refractivity contribution in [1.29, 1.82) is 0 Å². The van der Waals surface area contributed by atoms with Gasteiger partial charge in [0.2, 0.25) is 0 Å². The molecule has 1 aromatic carbocycles. The Morgan fingerprint density at radius 2 is 1.97 bits per heavy atom. The second-order valence-corrected chi connectivity index (χ2v) is 7.09. The van der Waals surface area contributed by atoms with Gasteiger partial charge in [-0.3, -0.25) is 19.1 Å². The Bertz CT molecular complexity index is 1310. The van der Waals surface area contributed by atoms with Crippen LogP contribution in [-0.2, 0) is 17.8 Å². The Hall–Kier alpha value is -3.89. The highest BCUT2D eigenvalue weighted by molar-refractivity contribution is 5.93. The topological polar surface area (TPSA) is 156 Å². The number of H-pyrrole nitrogens is 2. The SMILES string of the molecule is CCCCn1c(N)c(N(C)Cc2nc3cc(C(=O)OC)ccc3c(=O)[nH]2)c(=O)[nH]c1=O. The van der Waals surface area contributed by atoms with Gasteiger partial charge in [0, 0.05) is 13.6 Å². The molecule has 0 bridgehead atoms. The third-order valence-corrected chi connectivity index (χ3v) is 4.89. The van der Waals surface area contributed by atoms with Crippen LogP contribution in [0.15, 0.2) is 32.6 Å². The van der Waals surface area contributed by atoms with E-state index in [0.29, 0.717) is 17.4 Å². The smallest absolute Gasteiger partial charge is 0.337 e. The van der Waals surface area contributed by atoms with Crippen molar-refractivity contribution in [1.82, 2.24) is 19.5 Å². The Morgan fingerprint density at radius 3 is 2.65 bits per heavy atom. The van der Waals surface area contributed by atoms with Gasteiger partial charge in [0.25, 0.3) is 11.1 Å². The Kier molecular flexibility index (Phi) is 6.23. The zero-order chi connectivity index (χ0) is 22.7. The fourth-order valence-electron chi connectivity index (χ4n) is 3.30. The molecular weight excluding hydrogens is 404 g/mol. The molecule has 0 fully saturated rings. The largest absolute Gasteiger partial charge is 0.465 e. The van der Waals surface area contributed by atoms with Crippen molar-refractivity contribution >= 4 is 28.4 Å². The molecule has 0 atom stereocenters. The van der Waals surface area contributed by atoms with Gasteiger partial charge in [-0.1, -0.05) is 13.3 Å². The molecule has 0 spiro atoms. The first-order valence-electron chi connectivity index (χ1n) is 9.71. The second-order valence-electron chi connectivity index (χ2n) is 7.09. The standard InChI is InChI=1S/C20H24N6O5/c1-4-5-8-26-16(21)15(18(28)24-20(26)30)25(2)10-14-22-13-9-11(19(29)31-3)6-7-12(13)17(27)23-14/h6-7,9H,4-5,8,10,21H2,1-3H3,(H,22,23,27)(H,24,28,30). The van der Waals surface area contributed by atoms with Crippen molar-refractivity contribution in [3.63, 3.8) is 0 Å². The van der Waals surface area contributed by atoms with Crippen molar-refractivity contribution in [3.8, 4) is 0 Å². The number of nitrogens with two attached hydrogens (primary N) is 1. The van der Waals surface area contributed by atoms with Crippen LogP contribution < -0.4 is 27.4 Å². The van der Waals surface area contributed by atoms with E-state index in [4.69, 9.17) is 10.5 Å². The monoisotopic (exact) mass is 428 g/mol. The van der Waals surface area contributed by atoms with Crippen molar-refractivity contribution in [2.75, 3.05) is 24.8 Å². The van der Waals surface area contributed by atoms with Crippen LogP contribution in [0.5, 0.6) is 0 Å². The van der Waals surface area contributed by atoms with Crippen molar-refractivity contribution in [2.45, 2.75) is 32.9 Å². The van der Waals surface area contributed by atoms with Gasteiger partial charge in [-0.2, -0.15) is 0 Å². The minimum absolute atomic E-state index is 0.0346. The zero-order valence-corrected chi connectivity index (χ0v) is 17.5. The summed E-state index contributed by atoms with van der Waals surface area (Å²) < 4.78 is 6.02. The van der Waals surface area contributed by atoms with Gasteiger partial charge in [-0.25, -0.2) is 14.6 Å². The average molecular weight is 428 g/mol. The van der Waals surface area contributed by atoms with Crippen molar-refractivity contribution in [2.24, 2.45) is 0 Å². The lowest BCUT2D eigenvalue weighted by atomic mass is 10.1. The summed E-state index contributed by atoms with van der Waals surface area (Å²) in [7, 11) is 2.87. The maximum absolute atomic E-state index is 12.5. The third kappa shape index (κ3) is 4.34. The lowest BCUT2D eigenvalue weighted by Gasteiger charge is -2.21. The van der Waals surface area contributed by atoms with Crippen LogP contribution in [0.4, 0.5) is 11.5 Å². The van der Waals surface area contributed by atoms with Gasteiger partial charge in [-0.15, -0.1) is 0 Å². The number of nitrogens with zero attached hydrogens (tertiary/aromatic N) is 3. The number of nitrogens with one attached hydrogen (secondary N) is 2. The average Bonchev–Trinajstić information content (AvgIpc) is 2.72. The van der Waals surface area contributed by atoms with Crippen LogP contribution in [0.2, 0.25) is 0 Å². The van der Waals surface area contributed by atoms with E-state index in [1.807, 2.05) is 6.92 Å². The molecule has 0 saturated carbocycles. The van der Waals surface area contributed by atoms with Crippen molar-refractivity contribution in [3.05, 3.63) is 60.8 Å². The molecule has 4 N–H and O–H groups in total. The highest BCUT2D eigenvalue weighted by atomic mass is 16.5. The van der Waals surface area contributed by atoms with Crippen LogP contribution in [-0.4, -0.2) is 39.6 Å². The fraction of sp³-hybridized carbons (Fsp3) is 0.350. The lowest BCUT2D eigenvalue weighted by Crippen LogP contribution is -2.37. The number of fused-ring (bicyclic) bond motifs is 1.